The summed E-state index contributed by atoms with van der Waals surface area (Å²) in [7, 11) is -3.75. The SMILES string of the molecule is O=S(=O)(c1ccc(Oc2ccc(C#CC3(O)CCCC3)cc2)cc1)c1ccc(Oc2ccc(C#CC3(O)CCCC3)cc2)cc1. The molecule has 0 aliphatic heterocycles. The Morgan fingerprint density at radius 1 is 0.489 bits per heavy atom. The molecular formula is C38H34O6S. The van der Waals surface area contributed by atoms with Crippen LogP contribution in [0.4, 0.5) is 0 Å². The van der Waals surface area contributed by atoms with Crippen molar-refractivity contribution in [2.45, 2.75) is 72.4 Å². The molecule has 45 heavy (non-hydrogen) atoms. The molecule has 2 aliphatic carbocycles. The van der Waals surface area contributed by atoms with Crippen LogP contribution in [0.25, 0.3) is 0 Å². The molecule has 228 valence electrons. The second kappa shape index (κ2) is 12.8. The van der Waals surface area contributed by atoms with E-state index in [1.807, 2.05) is 24.3 Å². The Bertz CT molecular complexity index is 1720. The Kier molecular flexibility index (Phi) is 8.70. The molecule has 0 unspecified atom stereocenters. The topological polar surface area (TPSA) is 93.1 Å². The zero-order valence-corrected chi connectivity index (χ0v) is 25.6. The van der Waals surface area contributed by atoms with Crippen LogP contribution in [0.5, 0.6) is 23.0 Å². The van der Waals surface area contributed by atoms with Crippen molar-refractivity contribution >= 4 is 9.84 Å². The lowest BCUT2D eigenvalue weighted by atomic mass is 10.0. The van der Waals surface area contributed by atoms with E-state index < -0.39 is 21.0 Å². The molecule has 4 aromatic rings. The Labute approximate surface area is 264 Å². The zero-order chi connectivity index (χ0) is 31.3. The molecular weight excluding hydrogens is 584 g/mol. The smallest absolute Gasteiger partial charge is 0.206 e. The van der Waals surface area contributed by atoms with Crippen molar-refractivity contribution < 1.29 is 28.1 Å². The average molecular weight is 619 g/mol. The van der Waals surface area contributed by atoms with E-state index in [2.05, 4.69) is 23.7 Å². The number of hydrogen-bond donors (Lipinski definition) is 2. The standard InChI is InChI=1S/C38H34O6S/c39-37(23-1-2-24-37)27-21-29-5-9-31(10-6-29)43-33-13-17-35(18-14-33)45(41,42)36-19-15-34(16-20-36)44-32-11-7-30(8-12-32)22-28-38(40)25-3-4-26-38/h5-20,39-40H,1-4,23-26H2. The molecule has 2 N–H and O–H groups in total. The molecule has 0 heterocycles. The molecule has 2 saturated carbocycles. The van der Waals surface area contributed by atoms with E-state index in [0.29, 0.717) is 48.7 Å². The van der Waals surface area contributed by atoms with Gasteiger partial charge in [0.05, 0.1) is 9.79 Å². The predicted molar refractivity (Wildman–Crippen MR) is 172 cm³/mol. The van der Waals surface area contributed by atoms with E-state index in [4.69, 9.17) is 9.47 Å². The van der Waals surface area contributed by atoms with Gasteiger partial charge in [-0.2, -0.15) is 0 Å². The monoisotopic (exact) mass is 618 g/mol. The molecule has 2 aliphatic rings. The van der Waals surface area contributed by atoms with Crippen LogP contribution in [0.15, 0.2) is 107 Å². The predicted octanol–water partition coefficient (Wildman–Crippen LogP) is 7.42. The Morgan fingerprint density at radius 3 is 1.09 bits per heavy atom. The van der Waals surface area contributed by atoms with Gasteiger partial charge in [-0.3, -0.25) is 0 Å². The fraction of sp³-hybridized carbons (Fsp3) is 0.263. The molecule has 6 rings (SSSR count). The molecule has 0 bridgehead atoms. The average Bonchev–Trinajstić information content (AvgIpc) is 3.70. The minimum absolute atomic E-state index is 0.151. The van der Waals surface area contributed by atoms with Gasteiger partial charge in [0.2, 0.25) is 9.84 Å². The number of rotatable bonds is 6. The summed E-state index contributed by atoms with van der Waals surface area (Å²) in [6, 6.07) is 27.1. The minimum atomic E-state index is -3.75. The first-order chi connectivity index (χ1) is 21.7. The summed E-state index contributed by atoms with van der Waals surface area (Å²) in [5.74, 6) is 14.3. The molecule has 6 nitrogen and oxygen atoms in total. The van der Waals surface area contributed by atoms with Crippen molar-refractivity contribution in [1.82, 2.24) is 0 Å². The summed E-state index contributed by atoms with van der Waals surface area (Å²) < 4.78 is 38.3. The maximum Gasteiger partial charge on any atom is 0.206 e. The molecule has 2 fully saturated rings. The molecule has 0 aromatic heterocycles. The van der Waals surface area contributed by atoms with Crippen LogP contribution in [0.2, 0.25) is 0 Å². The molecule has 4 aromatic carbocycles. The van der Waals surface area contributed by atoms with Gasteiger partial charge in [-0.25, -0.2) is 8.42 Å². The highest BCUT2D eigenvalue weighted by molar-refractivity contribution is 7.91. The van der Waals surface area contributed by atoms with Gasteiger partial charge in [-0.05, 0) is 148 Å². The highest BCUT2D eigenvalue weighted by atomic mass is 32.2. The molecule has 0 spiro atoms. The van der Waals surface area contributed by atoms with Crippen LogP contribution in [-0.4, -0.2) is 29.8 Å². The van der Waals surface area contributed by atoms with Crippen molar-refractivity contribution in [3.63, 3.8) is 0 Å². The number of ether oxygens (including phenoxy) is 2. The second-order valence-corrected chi connectivity index (χ2v) is 13.6. The van der Waals surface area contributed by atoms with Crippen LogP contribution < -0.4 is 9.47 Å². The number of aliphatic hydroxyl groups is 2. The lowest BCUT2D eigenvalue weighted by Crippen LogP contribution is -2.20. The highest BCUT2D eigenvalue weighted by Gasteiger charge is 2.29. The van der Waals surface area contributed by atoms with Gasteiger partial charge < -0.3 is 19.7 Å². The third kappa shape index (κ3) is 7.59. The van der Waals surface area contributed by atoms with Crippen molar-refractivity contribution in [3.8, 4) is 46.7 Å². The summed E-state index contributed by atoms with van der Waals surface area (Å²) in [4.78, 5) is 0.302. The van der Waals surface area contributed by atoms with Gasteiger partial charge in [0, 0.05) is 11.1 Å². The van der Waals surface area contributed by atoms with Crippen LogP contribution in [-0.2, 0) is 9.84 Å². The lowest BCUT2D eigenvalue weighted by molar-refractivity contribution is 0.109. The maximum atomic E-state index is 13.3. The van der Waals surface area contributed by atoms with E-state index in [0.717, 1.165) is 36.8 Å². The first kappa shape index (κ1) is 30.5. The summed E-state index contributed by atoms with van der Waals surface area (Å²) in [6.07, 6.45) is 6.86. The van der Waals surface area contributed by atoms with Crippen molar-refractivity contribution in [2.75, 3.05) is 0 Å². The molecule has 7 heteroatoms. The Balaban J connectivity index is 1.05. The normalized spacial score (nSPS) is 16.6. The summed E-state index contributed by atoms with van der Waals surface area (Å²) in [5.41, 5.74) is -0.174. The zero-order valence-electron chi connectivity index (χ0n) is 24.8. The number of hydrogen-bond acceptors (Lipinski definition) is 6. The van der Waals surface area contributed by atoms with E-state index in [-0.39, 0.29) is 9.79 Å². The van der Waals surface area contributed by atoms with E-state index in [1.165, 1.54) is 24.3 Å². The fourth-order valence-electron chi connectivity index (χ4n) is 5.54. The quantitative estimate of drug-likeness (QED) is 0.219. The highest BCUT2D eigenvalue weighted by Crippen LogP contribution is 2.31. The van der Waals surface area contributed by atoms with Crippen LogP contribution >= 0.6 is 0 Å². The third-order valence-corrected chi connectivity index (χ3v) is 9.97. The van der Waals surface area contributed by atoms with Gasteiger partial charge in [0.15, 0.2) is 0 Å². The van der Waals surface area contributed by atoms with Gasteiger partial charge in [0.25, 0.3) is 0 Å². The number of benzene rings is 4. The van der Waals surface area contributed by atoms with Crippen molar-refractivity contribution in [1.29, 1.82) is 0 Å². The first-order valence-electron chi connectivity index (χ1n) is 15.2. The van der Waals surface area contributed by atoms with Gasteiger partial charge in [-0.15, -0.1) is 0 Å². The largest absolute Gasteiger partial charge is 0.457 e. The second-order valence-electron chi connectivity index (χ2n) is 11.7. The number of sulfone groups is 1. The van der Waals surface area contributed by atoms with E-state index in [1.54, 1.807) is 48.5 Å². The minimum Gasteiger partial charge on any atom is -0.457 e. The summed E-state index contributed by atoms with van der Waals surface area (Å²) >= 11 is 0. The maximum absolute atomic E-state index is 13.3. The van der Waals surface area contributed by atoms with Gasteiger partial charge in [0.1, 0.15) is 34.2 Å². The molecule has 0 saturated heterocycles. The van der Waals surface area contributed by atoms with E-state index in [9.17, 15) is 18.6 Å². The lowest BCUT2D eigenvalue weighted by Gasteiger charge is -2.12. The van der Waals surface area contributed by atoms with E-state index >= 15 is 0 Å². The van der Waals surface area contributed by atoms with Crippen molar-refractivity contribution in [2.24, 2.45) is 0 Å². The fourth-order valence-corrected chi connectivity index (χ4v) is 6.80. The first-order valence-corrected chi connectivity index (χ1v) is 16.7. The summed E-state index contributed by atoms with van der Waals surface area (Å²) in [5, 5.41) is 20.8. The van der Waals surface area contributed by atoms with Crippen molar-refractivity contribution in [3.05, 3.63) is 108 Å². The Morgan fingerprint density at radius 2 is 0.778 bits per heavy atom. The van der Waals surface area contributed by atoms with Gasteiger partial charge in [-0.1, -0.05) is 23.7 Å². The van der Waals surface area contributed by atoms with Crippen LogP contribution in [0, 0.1) is 23.7 Å². The Hall–Kier alpha value is -4.53. The van der Waals surface area contributed by atoms with Gasteiger partial charge >= 0.3 is 0 Å². The summed E-state index contributed by atoms with van der Waals surface area (Å²) in [6.45, 7) is 0. The van der Waals surface area contributed by atoms with Crippen LogP contribution in [0.3, 0.4) is 0 Å². The third-order valence-electron chi connectivity index (χ3n) is 8.19. The molecule has 0 radical (unpaired) electrons. The van der Waals surface area contributed by atoms with Crippen LogP contribution in [0.1, 0.15) is 62.5 Å². The molecule has 0 amide bonds. The molecule has 0 atom stereocenters.